The van der Waals surface area contributed by atoms with E-state index in [-0.39, 0.29) is 18.1 Å². The van der Waals surface area contributed by atoms with Gasteiger partial charge in [-0.25, -0.2) is 4.98 Å². The summed E-state index contributed by atoms with van der Waals surface area (Å²) in [6.07, 6.45) is 4.71. The van der Waals surface area contributed by atoms with E-state index in [0.29, 0.717) is 16.6 Å². The number of amides is 1. The van der Waals surface area contributed by atoms with Crippen molar-refractivity contribution >= 4 is 21.8 Å². The number of aliphatic hydroxyl groups is 1. The van der Waals surface area contributed by atoms with Crippen LogP contribution in [0.1, 0.15) is 36.0 Å². The molecule has 1 aliphatic rings. The Morgan fingerprint density at radius 1 is 1.53 bits per heavy atom. The molecule has 1 aliphatic carbocycles. The molecule has 4 nitrogen and oxygen atoms in total. The number of aliphatic hydroxyl groups excluding tert-OH is 1. The van der Waals surface area contributed by atoms with Gasteiger partial charge in [0, 0.05) is 17.8 Å². The van der Waals surface area contributed by atoms with E-state index in [9.17, 15) is 9.90 Å². The van der Waals surface area contributed by atoms with Crippen LogP contribution < -0.4 is 5.32 Å². The number of pyridine rings is 1. The molecule has 0 radical (unpaired) electrons. The number of nitrogens with one attached hydrogen (secondary N) is 1. The normalized spacial score (nSPS) is 24.4. The Morgan fingerprint density at radius 3 is 3.06 bits per heavy atom. The van der Waals surface area contributed by atoms with Crippen molar-refractivity contribution in [2.75, 3.05) is 0 Å². The number of hydrogen-bond acceptors (Lipinski definition) is 3. The summed E-state index contributed by atoms with van der Waals surface area (Å²) in [6, 6.07) is 3.45. The molecule has 1 aromatic heterocycles. The van der Waals surface area contributed by atoms with Gasteiger partial charge >= 0.3 is 0 Å². The maximum Gasteiger partial charge on any atom is 0.251 e. The lowest BCUT2D eigenvalue weighted by molar-refractivity contribution is 0.0849. The van der Waals surface area contributed by atoms with Crippen LogP contribution >= 0.6 is 15.9 Å². The molecule has 92 valence electrons. The van der Waals surface area contributed by atoms with Crippen LogP contribution in [0.3, 0.4) is 0 Å². The maximum absolute atomic E-state index is 11.9. The average Bonchev–Trinajstić information content (AvgIpc) is 2.29. The van der Waals surface area contributed by atoms with Crippen molar-refractivity contribution in [2.45, 2.75) is 37.8 Å². The highest BCUT2D eigenvalue weighted by Gasteiger charge is 2.21. The first-order chi connectivity index (χ1) is 8.15. The molecule has 0 saturated heterocycles. The van der Waals surface area contributed by atoms with Crippen LogP contribution in [0.5, 0.6) is 0 Å². The molecule has 1 amide bonds. The number of aromatic nitrogens is 1. The lowest BCUT2D eigenvalue weighted by Crippen LogP contribution is -2.39. The molecular formula is C12H15BrN2O2. The second kappa shape index (κ2) is 5.60. The molecule has 0 bridgehead atoms. The summed E-state index contributed by atoms with van der Waals surface area (Å²) >= 11 is 3.23. The van der Waals surface area contributed by atoms with E-state index in [2.05, 4.69) is 26.2 Å². The quantitative estimate of drug-likeness (QED) is 0.820. The van der Waals surface area contributed by atoms with Gasteiger partial charge in [-0.1, -0.05) is 0 Å². The lowest BCUT2D eigenvalue weighted by Gasteiger charge is -2.26. The van der Waals surface area contributed by atoms with E-state index in [4.69, 9.17) is 0 Å². The highest BCUT2D eigenvalue weighted by Crippen LogP contribution is 2.19. The fraction of sp³-hybridized carbons (Fsp3) is 0.500. The highest BCUT2D eigenvalue weighted by molar-refractivity contribution is 9.10. The number of hydrogen-bond donors (Lipinski definition) is 2. The van der Waals surface area contributed by atoms with Crippen molar-refractivity contribution in [2.24, 2.45) is 0 Å². The molecule has 1 saturated carbocycles. The second-order valence-corrected chi connectivity index (χ2v) is 5.17. The van der Waals surface area contributed by atoms with Gasteiger partial charge < -0.3 is 10.4 Å². The smallest absolute Gasteiger partial charge is 0.251 e. The first-order valence-electron chi connectivity index (χ1n) is 5.75. The van der Waals surface area contributed by atoms with Crippen molar-refractivity contribution in [1.29, 1.82) is 0 Å². The molecule has 2 N–H and O–H groups in total. The number of carbonyl (C=O) groups is 1. The van der Waals surface area contributed by atoms with Crippen LogP contribution in [0, 0.1) is 0 Å². The second-order valence-electron chi connectivity index (χ2n) is 4.36. The van der Waals surface area contributed by atoms with Gasteiger partial charge in [0.2, 0.25) is 0 Å². The Balaban J connectivity index is 1.97. The fourth-order valence-electron chi connectivity index (χ4n) is 2.11. The Morgan fingerprint density at radius 2 is 2.35 bits per heavy atom. The molecule has 0 aromatic carbocycles. The van der Waals surface area contributed by atoms with E-state index >= 15 is 0 Å². The molecule has 5 heteroatoms. The van der Waals surface area contributed by atoms with Gasteiger partial charge in [0.15, 0.2) is 0 Å². The fourth-order valence-corrected chi connectivity index (χ4v) is 2.47. The van der Waals surface area contributed by atoms with Crippen molar-refractivity contribution in [3.05, 3.63) is 28.5 Å². The summed E-state index contributed by atoms with van der Waals surface area (Å²) in [7, 11) is 0. The number of rotatable bonds is 2. The first kappa shape index (κ1) is 12.5. The van der Waals surface area contributed by atoms with Gasteiger partial charge in [0.1, 0.15) is 4.60 Å². The summed E-state index contributed by atoms with van der Waals surface area (Å²) in [5, 5.41) is 12.5. The van der Waals surface area contributed by atoms with Crippen LogP contribution in [-0.2, 0) is 0 Å². The van der Waals surface area contributed by atoms with Crippen molar-refractivity contribution in [1.82, 2.24) is 10.3 Å². The van der Waals surface area contributed by atoms with Crippen molar-refractivity contribution in [3.8, 4) is 0 Å². The monoisotopic (exact) mass is 298 g/mol. The predicted molar refractivity (Wildman–Crippen MR) is 67.7 cm³/mol. The van der Waals surface area contributed by atoms with E-state index in [0.717, 1.165) is 19.3 Å². The van der Waals surface area contributed by atoms with Gasteiger partial charge in [-0.05, 0) is 53.7 Å². The Labute approximate surface area is 109 Å². The first-order valence-corrected chi connectivity index (χ1v) is 6.55. The van der Waals surface area contributed by atoms with Crippen LogP contribution in [0.25, 0.3) is 0 Å². The SMILES string of the molecule is O=C(NC1CCCC(O)C1)c1ccnc(Br)c1. The van der Waals surface area contributed by atoms with Crippen molar-refractivity contribution in [3.63, 3.8) is 0 Å². The number of halogens is 1. The van der Waals surface area contributed by atoms with Crippen LogP contribution in [0.15, 0.2) is 22.9 Å². The summed E-state index contributed by atoms with van der Waals surface area (Å²) in [6.45, 7) is 0. The van der Waals surface area contributed by atoms with Crippen LogP contribution in [0.2, 0.25) is 0 Å². The Kier molecular flexibility index (Phi) is 4.12. The maximum atomic E-state index is 11.9. The van der Waals surface area contributed by atoms with E-state index in [1.54, 1.807) is 18.3 Å². The molecule has 17 heavy (non-hydrogen) atoms. The minimum Gasteiger partial charge on any atom is -0.393 e. The highest BCUT2D eigenvalue weighted by atomic mass is 79.9. The van der Waals surface area contributed by atoms with Crippen molar-refractivity contribution < 1.29 is 9.90 Å². The number of carbonyl (C=O) groups excluding carboxylic acids is 1. The predicted octanol–water partition coefficient (Wildman–Crippen LogP) is 1.88. The van der Waals surface area contributed by atoms with E-state index in [1.807, 2.05) is 0 Å². The van der Waals surface area contributed by atoms with Gasteiger partial charge in [-0.2, -0.15) is 0 Å². The van der Waals surface area contributed by atoms with E-state index < -0.39 is 0 Å². The average molecular weight is 299 g/mol. The molecule has 1 heterocycles. The zero-order chi connectivity index (χ0) is 12.3. The van der Waals surface area contributed by atoms with Crippen LogP contribution in [0.4, 0.5) is 0 Å². The zero-order valence-electron chi connectivity index (χ0n) is 9.40. The van der Waals surface area contributed by atoms with E-state index in [1.165, 1.54) is 0 Å². The topological polar surface area (TPSA) is 62.2 Å². The summed E-state index contributed by atoms with van der Waals surface area (Å²) in [5.74, 6) is -0.104. The molecule has 0 aliphatic heterocycles. The molecule has 0 spiro atoms. The molecule has 2 unspecified atom stereocenters. The van der Waals surface area contributed by atoms with Crippen LogP contribution in [-0.4, -0.2) is 28.1 Å². The van der Waals surface area contributed by atoms with Gasteiger partial charge in [0.25, 0.3) is 5.91 Å². The van der Waals surface area contributed by atoms with Gasteiger partial charge in [-0.3, -0.25) is 4.79 Å². The third kappa shape index (κ3) is 3.51. The third-order valence-corrected chi connectivity index (χ3v) is 3.40. The summed E-state index contributed by atoms with van der Waals surface area (Å²) in [5.41, 5.74) is 0.590. The standard InChI is InChI=1S/C12H15BrN2O2/c13-11-6-8(4-5-14-11)12(17)15-9-2-1-3-10(16)7-9/h4-6,9-10,16H,1-3,7H2,(H,15,17). The minimum atomic E-state index is -0.279. The summed E-state index contributed by atoms with van der Waals surface area (Å²) < 4.78 is 0.647. The lowest BCUT2D eigenvalue weighted by atomic mass is 9.93. The largest absolute Gasteiger partial charge is 0.393 e. The molecule has 2 rings (SSSR count). The van der Waals surface area contributed by atoms with Gasteiger partial charge in [-0.15, -0.1) is 0 Å². The Bertz CT molecular complexity index is 411. The third-order valence-electron chi connectivity index (χ3n) is 2.97. The number of nitrogens with zero attached hydrogens (tertiary/aromatic N) is 1. The molecule has 1 aromatic rings. The zero-order valence-corrected chi connectivity index (χ0v) is 11.0. The Hall–Kier alpha value is -0.940. The molecular weight excluding hydrogens is 284 g/mol. The molecule has 1 fully saturated rings. The minimum absolute atomic E-state index is 0.0817. The summed E-state index contributed by atoms with van der Waals surface area (Å²) in [4.78, 5) is 15.9. The van der Waals surface area contributed by atoms with Gasteiger partial charge in [0.05, 0.1) is 6.10 Å². The molecule has 2 atom stereocenters.